The summed E-state index contributed by atoms with van der Waals surface area (Å²) in [5.41, 5.74) is 3.85. The highest BCUT2D eigenvalue weighted by Gasteiger charge is 2.66. The Morgan fingerprint density at radius 2 is 2.00 bits per heavy atom. The maximum atomic E-state index is 12.0. The number of sulfonamides is 1. The molecule has 1 aromatic carbocycles. The third kappa shape index (κ3) is 3.19. The number of hydrogen-bond acceptors (Lipinski definition) is 4. The van der Waals surface area contributed by atoms with Crippen molar-refractivity contribution in [1.29, 1.82) is 0 Å². The van der Waals surface area contributed by atoms with Crippen LogP contribution in [0.1, 0.15) is 69.8 Å². The van der Waals surface area contributed by atoms with E-state index in [1.165, 1.54) is 46.6 Å². The number of nitrogens with one attached hydrogen (secondary N) is 1. The second kappa shape index (κ2) is 7.27. The maximum Gasteiger partial charge on any atom is 0.208 e. The number of rotatable bonds is 3. The van der Waals surface area contributed by atoms with Gasteiger partial charge < -0.3 is 4.74 Å². The Kier molecular flexibility index (Phi) is 4.61. The van der Waals surface area contributed by atoms with Crippen molar-refractivity contribution in [3.63, 3.8) is 0 Å². The van der Waals surface area contributed by atoms with Crippen LogP contribution in [0.5, 0.6) is 0 Å². The summed E-state index contributed by atoms with van der Waals surface area (Å²) in [5.74, 6) is 0.978. The predicted molar refractivity (Wildman–Crippen MR) is 137 cm³/mol. The van der Waals surface area contributed by atoms with Gasteiger partial charge >= 0.3 is 0 Å². The third-order valence-electron chi connectivity index (χ3n) is 10.1. The first kappa shape index (κ1) is 22.2. The molecule has 3 aliphatic carbocycles. The van der Waals surface area contributed by atoms with Crippen LogP contribution in [0.2, 0.25) is 0 Å². The van der Waals surface area contributed by atoms with Gasteiger partial charge in [0.05, 0.1) is 17.5 Å². The number of aromatic nitrogens is 1. The molecule has 3 heterocycles. The van der Waals surface area contributed by atoms with Crippen LogP contribution in [0.3, 0.4) is 0 Å². The molecule has 6 heteroatoms. The SMILES string of the molecule is CC12CC=C3C=C4CCC(NS(C)(=O)=O)CC45CCC3(O5)C1CCC2c1ccc2ccncc2c1. The molecule has 5 aliphatic rings. The van der Waals surface area contributed by atoms with E-state index in [2.05, 4.69) is 53.0 Å². The van der Waals surface area contributed by atoms with E-state index >= 15 is 0 Å². The minimum Gasteiger partial charge on any atom is -0.359 e. The molecule has 0 amide bonds. The molecule has 184 valence electrons. The van der Waals surface area contributed by atoms with Crippen LogP contribution in [-0.4, -0.2) is 36.9 Å². The van der Waals surface area contributed by atoms with Gasteiger partial charge in [-0.05, 0) is 103 Å². The van der Waals surface area contributed by atoms with Crippen molar-refractivity contribution >= 4 is 20.8 Å². The first-order chi connectivity index (χ1) is 16.7. The highest BCUT2D eigenvalue weighted by Crippen LogP contribution is 2.69. The maximum absolute atomic E-state index is 12.0. The van der Waals surface area contributed by atoms with Crippen molar-refractivity contribution in [2.45, 2.75) is 81.5 Å². The lowest BCUT2D eigenvalue weighted by molar-refractivity contribution is -0.135. The summed E-state index contributed by atoms with van der Waals surface area (Å²) in [7, 11) is -3.23. The molecule has 3 fully saturated rings. The van der Waals surface area contributed by atoms with Crippen molar-refractivity contribution in [2.24, 2.45) is 11.3 Å². The van der Waals surface area contributed by atoms with Gasteiger partial charge in [-0.15, -0.1) is 0 Å². The molecule has 1 saturated heterocycles. The van der Waals surface area contributed by atoms with E-state index in [-0.39, 0.29) is 22.7 Å². The molecule has 6 atom stereocenters. The summed E-state index contributed by atoms with van der Waals surface area (Å²) < 4.78 is 34.1. The van der Waals surface area contributed by atoms with Crippen molar-refractivity contribution in [1.82, 2.24) is 9.71 Å². The monoisotopic (exact) mass is 490 g/mol. The fourth-order valence-corrected chi connectivity index (χ4v) is 9.49. The molecule has 2 aliphatic heterocycles. The lowest BCUT2D eigenvalue weighted by Gasteiger charge is -2.54. The van der Waals surface area contributed by atoms with Crippen LogP contribution < -0.4 is 4.72 Å². The minimum atomic E-state index is -3.23. The van der Waals surface area contributed by atoms with Crippen LogP contribution in [0.4, 0.5) is 0 Å². The fourth-order valence-electron chi connectivity index (χ4n) is 8.68. The molecule has 5 nitrogen and oxygen atoms in total. The van der Waals surface area contributed by atoms with Gasteiger partial charge in [0.1, 0.15) is 0 Å². The minimum absolute atomic E-state index is 0.0414. The van der Waals surface area contributed by atoms with Crippen LogP contribution in [-0.2, 0) is 14.8 Å². The first-order valence-electron chi connectivity index (χ1n) is 13.1. The average Bonchev–Trinajstić information content (AvgIpc) is 3.33. The van der Waals surface area contributed by atoms with Gasteiger partial charge in [0.2, 0.25) is 10.0 Å². The third-order valence-corrected chi connectivity index (χ3v) is 10.9. The zero-order chi connectivity index (χ0) is 24.1. The van der Waals surface area contributed by atoms with Crippen LogP contribution >= 0.6 is 0 Å². The van der Waals surface area contributed by atoms with Gasteiger partial charge in [-0.1, -0.05) is 31.2 Å². The Hall–Kier alpha value is -2.02. The standard InChI is InChI=1S/C29H34N2O3S/c1-27-11-9-23-16-22-5-6-24(31-35(2,32)33)17-28(22)12-13-29(23,34-28)26(27)8-7-25(27)20-4-3-19-10-14-30-18-21(19)15-20/h3-4,9-10,14-16,18,24-26,31H,5-8,11-13,17H2,1-2H3. The Morgan fingerprint density at radius 1 is 1.11 bits per heavy atom. The van der Waals surface area contributed by atoms with Gasteiger partial charge in [0.15, 0.2) is 0 Å². The van der Waals surface area contributed by atoms with Crippen LogP contribution in [0.25, 0.3) is 10.8 Å². The molecule has 1 aromatic heterocycles. The van der Waals surface area contributed by atoms with Gasteiger partial charge in [-0.25, -0.2) is 13.1 Å². The molecule has 2 aromatic rings. The summed E-state index contributed by atoms with van der Waals surface area (Å²) in [6.07, 6.45) is 18.1. The lowest BCUT2D eigenvalue weighted by Crippen LogP contribution is -2.55. The quantitative estimate of drug-likeness (QED) is 0.626. The molecule has 1 N–H and O–H groups in total. The van der Waals surface area contributed by atoms with Crippen LogP contribution in [0, 0.1) is 11.3 Å². The van der Waals surface area contributed by atoms with E-state index < -0.39 is 10.0 Å². The van der Waals surface area contributed by atoms with E-state index in [0.717, 1.165) is 38.5 Å². The lowest BCUT2D eigenvalue weighted by atomic mass is 9.58. The molecule has 2 bridgehead atoms. The first-order valence-corrected chi connectivity index (χ1v) is 15.0. The molecule has 35 heavy (non-hydrogen) atoms. The van der Waals surface area contributed by atoms with Crippen molar-refractivity contribution in [3.8, 4) is 0 Å². The van der Waals surface area contributed by atoms with Gasteiger partial charge in [0, 0.05) is 23.8 Å². The smallest absolute Gasteiger partial charge is 0.208 e. The predicted octanol–water partition coefficient (Wildman–Crippen LogP) is 5.39. The van der Waals surface area contributed by atoms with Gasteiger partial charge in [0.25, 0.3) is 0 Å². The van der Waals surface area contributed by atoms with Crippen LogP contribution in [0.15, 0.2) is 60.0 Å². The molecule has 0 radical (unpaired) electrons. The zero-order valence-electron chi connectivity index (χ0n) is 20.6. The van der Waals surface area contributed by atoms with Gasteiger partial charge in [-0.2, -0.15) is 0 Å². The molecular formula is C29H34N2O3S. The highest BCUT2D eigenvalue weighted by molar-refractivity contribution is 7.88. The molecular weight excluding hydrogens is 456 g/mol. The molecule has 6 unspecified atom stereocenters. The fraction of sp³-hybridized carbons (Fsp3) is 0.552. The van der Waals surface area contributed by atoms with Crippen molar-refractivity contribution in [2.75, 3.05) is 6.26 Å². The van der Waals surface area contributed by atoms with Gasteiger partial charge in [-0.3, -0.25) is 4.98 Å². The van der Waals surface area contributed by atoms with Crippen molar-refractivity contribution in [3.05, 3.63) is 65.5 Å². The normalized spacial score (nSPS) is 40.0. The number of nitrogens with zero attached hydrogens (tertiary/aromatic N) is 1. The number of ether oxygens (including phenoxy) is 1. The van der Waals surface area contributed by atoms with E-state index in [4.69, 9.17) is 4.74 Å². The van der Waals surface area contributed by atoms with Crippen molar-refractivity contribution < 1.29 is 13.2 Å². The number of hydrogen-bond donors (Lipinski definition) is 1. The molecule has 7 rings (SSSR count). The molecule has 2 spiro atoms. The zero-order valence-corrected chi connectivity index (χ0v) is 21.4. The second-order valence-electron chi connectivity index (χ2n) is 12.0. The van der Waals surface area contributed by atoms with E-state index in [1.807, 2.05) is 12.4 Å². The Labute approximate surface area is 208 Å². The molecule has 2 saturated carbocycles. The number of pyridine rings is 1. The van der Waals surface area contributed by atoms with E-state index in [9.17, 15) is 8.42 Å². The van der Waals surface area contributed by atoms with E-state index in [1.54, 1.807) is 0 Å². The Morgan fingerprint density at radius 3 is 2.86 bits per heavy atom. The summed E-state index contributed by atoms with van der Waals surface area (Å²) in [6.45, 7) is 2.49. The Balaban J connectivity index is 1.24. The average molecular weight is 491 g/mol. The number of benzene rings is 1. The second-order valence-corrected chi connectivity index (χ2v) is 13.8. The summed E-state index contributed by atoms with van der Waals surface area (Å²) in [5, 5.41) is 2.46. The largest absolute Gasteiger partial charge is 0.359 e. The summed E-state index contributed by atoms with van der Waals surface area (Å²) in [6, 6.07) is 8.98. The highest BCUT2D eigenvalue weighted by atomic mass is 32.2. The van der Waals surface area contributed by atoms with E-state index in [0.29, 0.717) is 11.8 Å². The number of allylic oxidation sites excluding steroid dienone is 1. The topological polar surface area (TPSA) is 68.3 Å². The number of fused-ring (bicyclic) bond motifs is 2. The summed E-state index contributed by atoms with van der Waals surface area (Å²) in [4.78, 5) is 4.35. The summed E-state index contributed by atoms with van der Waals surface area (Å²) >= 11 is 0. The Bertz CT molecular complexity index is 1400.